The molecule has 0 saturated heterocycles. The van der Waals surface area contributed by atoms with Gasteiger partial charge in [-0.05, 0) is 61.6 Å². The van der Waals surface area contributed by atoms with E-state index in [-0.39, 0.29) is 5.41 Å². The van der Waals surface area contributed by atoms with Gasteiger partial charge >= 0.3 is 0 Å². The van der Waals surface area contributed by atoms with Crippen LogP contribution in [0.2, 0.25) is 0 Å². The third-order valence-corrected chi connectivity index (χ3v) is 4.35. The number of pyridine rings is 1. The van der Waals surface area contributed by atoms with Crippen molar-refractivity contribution in [3.8, 4) is 11.3 Å². The maximum absolute atomic E-state index is 5.00. The van der Waals surface area contributed by atoms with Gasteiger partial charge in [-0.1, -0.05) is 50.1 Å². The molecule has 0 unspecified atom stereocenters. The van der Waals surface area contributed by atoms with Gasteiger partial charge in [0, 0.05) is 10.9 Å². The molecule has 0 N–H and O–H groups in total. The van der Waals surface area contributed by atoms with Crippen molar-refractivity contribution < 1.29 is 0 Å². The summed E-state index contributed by atoms with van der Waals surface area (Å²) in [6.07, 6.45) is 0. The van der Waals surface area contributed by atoms with E-state index in [1.807, 2.05) is 0 Å². The Bertz CT molecular complexity index is 862. The summed E-state index contributed by atoms with van der Waals surface area (Å²) in [5, 5.41) is 1.27. The number of fused-ring (bicyclic) bond motifs is 1. The van der Waals surface area contributed by atoms with Gasteiger partial charge in [0.2, 0.25) is 0 Å². The molecule has 2 aromatic carbocycles. The number of aryl methyl sites for hydroxylation is 3. The number of hydrogen-bond acceptors (Lipinski definition) is 1. The van der Waals surface area contributed by atoms with Gasteiger partial charge in [-0.25, -0.2) is 4.98 Å². The first-order valence-corrected chi connectivity index (χ1v) is 8.25. The van der Waals surface area contributed by atoms with Gasteiger partial charge in [0.25, 0.3) is 0 Å². The lowest BCUT2D eigenvalue weighted by atomic mass is 9.84. The lowest BCUT2D eigenvalue weighted by Crippen LogP contribution is -2.12. The summed E-state index contributed by atoms with van der Waals surface area (Å²) in [6, 6.07) is 15.4. The van der Waals surface area contributed by atoms with Gasteiger partial charge in [-0.15, -0.1) is 0 Å². The molecule has 0 aliphatic carbocycles. The maximum Gasteiger partial charge on any atom is 0.0739 e. The summed E-state index contributed by atoms with van der Waals surface area (Å²) >= 11 is 0. The molecule has 0 aliphatic rings. The quantitative estimate of drug-likeness (QED) is 0.527. The van der Waals surface area contributed by atoms with Crippen molar-refractivity contribution in [1.29, 1.82) is 0 Å². The third kappa shape index (κ3) is 3.01. The van der Waals surface area contributed by atoms with Crippen LogP contribution in [-0.2, 0) is 5.41 Å². The Balaban J connectivity index is 2.27. The van der Waals surface area contributed by atoms with Crippen molar-refractivity contribution in [2.75, 3.05) is 0 Å². The zero-order valence-electron chi connectivity index (χ0n) is 15.0. The van der Waals surface area contributed by atoms with Gasteiger partial charge in [0.05, 0.1) is 11.2 Å². The summed E-state index contributed by atoms with van der Waals surface area (Å²) in [5.74, 6) is 0. The number of nitrogens with zero attached hydrogens (tertiary/aromatic N) is 1. The second-order valence-corrected chi connectivity index (χ2v) is 7.65. The van der Waals surface area contributed by atoms with Crippen LogP contribution in [0.5, 0.6) is 0 Å². The SMILES string of the molecule is Cc1cc(C)cc(-c2nc3cccc(C(C)(C)C)c3cc2C)c1. The molecular weight excluding hydrogens is 278 g/mol. The fourth-order valence-electron chi connectivity index (χ4n) is 3.35. The molecule has 0 spiro atoms. The summed E-state index contributed by atoms with van der Waals surface area (Å²) in [4.78, 5) is 5.00. The molecule has 0 amide bonds. The van der Waals surface area contributed by atoms with Gasteiger partial charge < -0.3 is 0 Å². The van der Waals surface area contributed by atoms with Crippen LogP contribution in [0.3, 0.4) is 0 Å². The highest BCUT2D eigenvalue weighted by Crippen LogP contribution is 2.33. The zero-order chi connectivity index (χ0) is 16.8. The van der Waals surface area contributed by atoms with E-state index in [0.717, 1.165) is 11.2 Å². The van der Waals surface area contributed by atoms with Crippen LogP contribution in [0, 0.1) is 20.8 Å². The molecule has 1 aromatic heterocycles. The third-order valence-electron chi connectivity index (χ3n) is 4.35. The average Bonchev–Trinajstić information content (AvgIpc) is 2.43. The molecule has 3 aromatic rings. The predicted octanol–water partition coefficient (Wildman–Crippen LogP) is 6.12. The fourth-order valence-corrected chi connectivity index (χ4v) is 3.35. The summed E-state index contributed by atoms with van der Waals surface area (Å²) in [7, 11) is 0. The summed E-state index contributed by atoms with van der Waals surface area (Å²) in [5.41, 5.74) is 8.66. The van der Waals surface area contributed by atoms with E-state index >= 15 is 0 Å². The van der Waals surface area contributed by atoms with Crippen molar-refractivity contribution in [3.05, 3.63) is 64.7 Å². The van der Waals surface area contributed by atoms with Crippen molar-refractivity contribution in [2.24, 2.45) is 0 Å². The molecule has 23 heavy (non-hydrogen) atoms. The molecular formula is C22H25N. The van der Waals surface area contributed by atoms with E-state index in [9.17, 15) is 0 Å². The number of aromatic nitrogens is 1. The minimum absolute atomic E-state index is 0.120. The summed E-state index contributed by atoms with van der Waals surface area (Å²) < 4.78 is 0. The van der Waals surface area contributed by atoms with E-state index in [4.69, 9.17) is 4.98 Å². The monoisotopic (exact) mass is 303 g/mol. The lowest BCUT2D eigenvalue weighted by Gasteiger charge is -2.22. The first-order chi connectivity index (χ1) is 10.8. The van der Waals surface area contributed by atoms with E-state index < -0.39 is 0 Å². The van der Waals surface area contributed by atoms with E-state index in [1.165, 1.54) is 33.2 Å². The molecule has 1 nitrogen and oxygen atoms in total. The minimum atomic E-state index is 0.120. The highest BCUT2D eigenvalue weighted by atomic mass is 14.7. The van der Waals surface area contributed by atoms with Crippen LogP contribution >= 0.6 is 0 Å². The van der Waals surface area contributed by atoms with Crippen LogP contribution in [0.25, 0.3) is 22.2 Å². The molecule has 3 rings (SSSR count). The summed E-state index contributed by atoms with van der Waals surface area (Å²) in [6.45, 7) is 13.2. The number of benzene rings is 2. The van der Waals surface area contributed by atoms with Crippen LogP contribution in [0.1, 0.15) is 43.0 Å². The second-order valence-electron chi connectivity index (χ2n) is 7.65. The zero-order valence-corrected chi connectivity index (χ0v) is 15.0. The topological polar surface area (TPSA) is 12.9 Å². The lowest BCUT2D eigenvalue weighted by molar-refractivity contribution is 0.596. The van der Waals surface area contributed by atoms with Crippen molar-refractivity contribution >= 4 is 10.9 Å². The molecule has 0 atom stereocenters. The van der Waals surface area contributed by atoms with E-state index in [2.05, 4.69) is 84.0 Å². The van der Waals surface area contributed by atoms with Crippen LogP contribution < -0.4 is 0 Å². The average molecular weight is 303 g/mol. The molecule has 0 radical (unpaired) electrons. The highest BCUT2D eigenvalue weighted by molar-refractivity contribution is 5.87. The Morgan fingerprint density at radius 1 is 0.826 bits per heavy atom. The number of hydrogen-bond donors (Lipinski definition) is 0. The van der Waals surface area contributed by atoms with Gasteiger partial charge in [0.15, 0.2) is 0 Å². The number of rotatable bonds is 1. The Morgan fingerprint density at radius 2 is 1.48 bits per heavy atom. The molecule has 1 heteroatoms. The van der Waals surface area contributed by atoms with Gasteiger partial charge in [-0.3, -0.25) is 0 Å². The van der Waals surface area contributed by atoms with Crippen molar-refractivity contribution in [1.82, 2.24) is 4.98 Å². The maximum atomic E-state index is 5.00. The van der Waals surface area contributed by atoms with Crippen LogP contribution in [0.4, 0.5) is 0 Å². The Hall–Kier alpha value is -2.15. The van der Waals surface area contributed by atoms with Crippen molar-refractivity contribution in [2.45, 2.75) is 47.0 Å². The first kappa shape index (κ1) is 15.7. The fraction of sp³-hybridized carbons (Fsp3) is 0.318. The minimum Gasteiger partial charge on any atom is -0.248 e. The second kappa shape index (κ2) is 5.49. The first-order valence-electron chi connectivity index (χ1n) is 8.25. The standard InChI is InChI=1S/C22H25N/c1-14-10-15(2)12-17(11-14)21-16(3)13-18-19(22(4,5)6)8-7-9-20(18)23-21/h7-13H,1-6H3. The van der Waals surface area contributed by atoms with Crippen molar-refractivity contribution in [3.63, 3.8) is 0 Å². The van der Waals surface area contributed by atoms with Gasteiger partial charge in [0.1, 0.15) is 0 Å². The van der Waals surface area contributed by atoms with Gasteiger partial charge in [-0.2, -0.15) is 0 Å². The Labute approximate surface area is 139 Å². The van der Waals surface area contributed by atoms with Crippen LogP contribution in [0.15, 0.2) is 42.5 Å². The molecule has 0 saturated carbocycles. The van der Waals surface area contributed by atoms with Crippen LogP contribution in [-0.4, -0.2) is 4.98 Å². The normalized spacial score (nSPS) is 11.9. The molecule has 0 fully saturated rings. The smallest absolute Gasteiger partial charge is 0.0739 e. The van der Waals surface area contributed by atoms with E-state index in [1.54, 1.807) is 0 Å². The highest BCUT2D eigenvalue weighted by Gasteiger charge is 2.18. The largest absolute Gasteiger partial charge is 0.248 e. The Morgan fingerprint density at radius 3 is 2.09 bits per heavy atom. The predicted molar refractivity (Wildman–Crippen MR) is 100 cm³/mol. The molecule has 0 aliphatic heterocycles. The van der Waals surface area contributed by atoms with E-state index in [0.29, 0.717) is 0 Å². The molecule has 118 valence electrons. The molecule has 1 heterocycles. The Kier molecular flexibility index (Phi) is 3.75. The molecule has 0 bridgehead atoms.